The van der Waals surface area contributed by atoms with Gasteiger partial charge in [-0.05, 0) is 19.0 Å². The van der Waals surface area contributed by atoms with Gasteiger partial charge in [0.2, 0.25) is 5.75 Å². The van der Waals surface area contributed by atoms with Crippen molar-refractivity contribution in [3.05, 3.63) is 33.5 Å². The number of methoxy groups -OCH3 is 1. The zero-order valence-corrected chi connectivity index (χ0v) is 16.1. The molecule has 1 N–H and O–H groups in total. The van der Waals surface area contributed by atoms with Crippen LogP contribution in [0.3, 0.4) is 0 Å². The molecule has 2 heterocycles. The second-order valence-corrected chi connectivity index (χ2v) is 6.63. The number of fused-ring (bicyclic) bond motifs is 1. The Morgan fingerprint density at radius 3 is 2.85 bits per heavy atom. The lowest BCUT2D eigenvalue weighted by atomic mass is 10.00. The zero-order valence-electron chi connectivity index (χ0n) is 16.1. The number of H-pyrrole nitrogens is 1. The number of benzene rings is 1. The molecule has 8 nitrogen and oxygen atoms in total. The molecular weight excluding hydrogens is 348 g/mol. The molecule has 0 unspecified atom stereocenters. The Morgan fingerprint density at radius 1 is 1.37 bits per heavy atom. The van der Waals surface area contributed by atoms with Crippen LogP contribution in [0, 0.1) is 10.1 Å². The van der Waals surface area contributed by atoms with Crippen LogP contribution in [0.2, 0.25) is 0 Å². The monoisotopic (exact) mass is 374 g/mol. The van der Waals surface area contributed by atoms with Gasteiger partial charge >= 0.3 is 5.69 Å². The first-order valence-corrected chi connectivity index (χ1v) is 9.37. The standard InChI is InChI=1S/C19H26N4O4/c1-4-6-9-27-19-16(23(24)25)10-13(11-17(19)26-3)18-14-12-22(5-2)8-7-15(14)20-21-18/h10-11H,4-9,12H2,1-3H3,(H,20,21). The number of unbranched alkanes of at least 4 members (excludes halogenated alkanes) is 1. The number of aromatic nitrogens is 2. The van der Waals surface area contributed by atoms with Crippen molar-refractivity contribution >= 4 is 5.69 Å². The van der Waals surface area contributed by atoms with Crippen LogP contribution >= 0.6 is 0 Å². The van der Waals surface area contributed by atoms with Gasteiger partial charge < -0.3 is 9.47 Å². The smallest absolute Gasteiger partial charge is 0.315 e. The third-order valence-electron chi connectivity index (χ3n) is 4.93. The number of rotatable bonds is 8. The first-order chi connectivity index (χ1) is 13.1. The van der Waals surface area contributed by atoms with E-state index in [4.69, 9.17) is 9.47 Å². The normalized spacial score (nSPS) is 14.0. The summed E-state index contributed by atoms with van der Waals surface area (Å²) in [6, 6.07) is 3.31. The summed E-state index contributed by atoms with van der Waals surface area (Å²) in [5.41, 5.74) is 3.50. The Bertz CT molecular complexity index is 818. The van der Waals surface area contributed by atoms with Crippen molar-refractivity contribution in [2.24, 2.45) is 0 Å². The summed E-state index contributed by atoms with van der Waals surface area (Å²) in [6.45, 7) is 7.30. The third-order valence-corrected chi connectivity index (χ3v) is 4.93. The first kappa shape index (κ1) is 19.2. The zero-order chi connectivity index (χ0) is 19.4. The topological polar surface area (TPSA) is 93.5 Å². The Morgan fingerprint density at radius 2 is 2.19 bits per heavy atom. The van der Waals surface area contributed by atoms with Crippen LogP contribution in [0.25, 0.3) is 11.3 Å². The lowest BCUT2D eigenvalue weighted by Gasteiger charge is -2.25. The van der Waals surface area contributed by atoms with Crippen LogP contribution in [0.4, 0.5) is 5.69 Å². The second kappa shape index (κ2) is 8.39. The number of nitro benzene ring substituents is 1. The van der Waals surface area contributed by atoms with Crippen molar-refractivity contribution in [1.82, 2.24) is 15.1 Å². The SMILES string of the molecule is CCCCOc1c(OC)cc(-c2n[nH]c3c2CN(CC)CC3)cc1[N+](=O)[O-]. The summed E-state index contributed by atoms with van der Waals surface area (Å²) in [5, 5.41) is 19.2. The van der Waals surface area contributed by atoms with Crippen LogP contribution in [-0.4, -0.2) is 46.8 Å². The van der Waals surface area contributed by atoms with Crippen molar-refractivity contribution in [3.63, 3.8) is 0 Å². The molecule has 0 saturated heterocycles. The predicted octanol–water partition coefficient (Wildman–Crippen LogP) is 3.55. The molecule has 2 aromatic rings. The third kappa shape index (κ3) is 3.90. The quantitative estimate of drug-likeness (QED) is 0.431. The molecule has 1 aromatic carbocycles. The van der Waals surface area contributed by atoms with E-state index >= 15 is 0 Å². The molecule has 1 aliphatic rings. The predicted molar refractivity (Wildman–Crippen MR) is 102 cm³/mol. The van der Waals surface area contributed by atoms with Gasteiger partial charge in [-0.2, -0.15) is 5.10 Å². The van der Waals surface area contributed by atoms with Crippen LogP contribution in [0.5, 0.6) is 11.5 Å². The summed E-state index contributed by atoms with van der Waals surface area (Å²) in [4.78, 5) is 13.6. The summed E-state index contributed by atoms with van der Waals surface area (Å²) >= 11 is 0. The first-order valence-electron chi connectivity index (χ1n) is 9.37. The molecule has 0 saturated carbocycles. The molecule has 0 aliphatic carbocycles. The van der Waals surface area contributed by atoms with Gasteiger partial charge in [-0.3, -0.25) is 20.1 Å². The number of aromatic amines is 1. The molecule has 1 aromatic heterocycles. The minimum atomic E-state index is -0.426. The summed E-state index contributed by atoms with van der Waals surface area (Å²) < 4.78 is 11.1. The van der Waals surface area contributed by atoms with Crippen LogP contribution in [0.1, 0.15) is 37.9 Å². The van der Waals surface area contributed by atoms with E-state index in [9.17, 15) is 10.1 Å². The van der Waals surface area contributed by atoms with Gasteiger partial charge in [-0.25, -0.2) is 0 Å². The molecule has 1 aliphatic heterocycles. The van der Waals surface area contributed by atoms with E-state index in [1.165, 1.54) is 13.2 Å². The molecule has 3 rings (SSSR count). The number of hydrogen-bond acceptors (Lipinski definition) is 6. The van der Waals surface area contributed by atoms with Gasteiger partial charge in [0.25, 0.3) is 0 Å². The van der Waals surface area contributed by atoms with E-state index in [0.29, 0.717) is 17.9 Å². The van der Waals surface area contributed by atoms with Gasteiger partial charge in [-0.1, -0.05) is 20.3 Å². The maximum Gasteiger partial charge on any atom is 0.315 e. The van der Waals surface area contributed by atoms with Crippen molar-refractivity contribution < 1.29 is 14.4 Å². The molecule has 0 spiro atoms. The molecule has 0 bridgehead atoms. The molecule has 27 heavy (non-hydrogen) atoms. The number of hydrogen-bond donors (Lipinski definition) is 1. The van der Waals surface area contributed by atoms with Gasteiger partial charge in [0.1, 0.15) is 0 Å². The Kier molecular flexibility index (Phi) is 5.95. The molecule has 0 radical (unpaired) electrons. The van der Waals surface area contributed by atoms with E-state index in [1.807, 2.05) is 6.92 Å². The summed E-state index contributed by atoms with van der Waals surface area (Å²) in [7, 11) is 1.49. The summed E-state index contributed by atoms with van der Waals surface area (Å²) in [5.74, 6) is 0.537. The fourth-order valence-corrected chi connectivity index (χ4v) is 3.33. The van der Waals surface area contributed by atoms with E-state index in [-0.39, 0.29) is 11.4 Å². The fourth-order valence-electron chi connectivity index (χ4n) is 3.33. The Balaban J connectivity index is 2.03. The Labute approximate surface area is 158 Å². The molecule has 8 heteroatoms. The van der Waals surface area contributed by atoms with Crippen molar-refractivity contribution in [3.8, 4) is 22.8 Å². The van der Waals surface area contributed by atoms with Crippen LogP contribution in [0.15, 0.2) is 12.1 Å². The maximum absolute atomic E-state index is 11.7. The van der Waals surface area contributed by atoms with E-state index < -0.39 is 4.92 Å². The maximum atomic E-state index is 11.7. The highest BCUT2D eigenvalue weighted by atomic mass is 16.6. The molecule has 0 fully saturated rings. The molecule has 0 atom stereocenters. The van der Waals surface area contributed by atoms with Gasteiger partial charge in [-0.15, -0.1) is 0 Å². The highest BCUT2D eigenvalue weighted by molar-refractivity contribution is 5.73. The van der Waals surface area contributed by atoms with Gasteiger partial charge in [0.15, 0.2) is 5.75 Å². The largest absolute Gasteiger partial charge is 0.493 e. The minimum absolute atomic E-state index is 0.0969. The van der Waals surface area contributed by atoms with Crippen molar-refractivity contribution in [2.75, 3.05) is 26.8 Å². The van der Waals surface area contributed by atoms with Crippen LogP contribution < -0.4 is 9.47 Å². The summed E-state index contributed by atoms with van der Waals surface area (Å²) in [6.07, 6.45) is 2.66. The Hall–Kier alpha value is -2.61. The number of ether oxygens (including phenoxy) is 2. The molecular formula is C19H26N4O4. The van der Waals surface area contributed by atoms with E-state index in [0.717, 1.165) is 55.8 Å². The lowest BCUT2D eigenvalue weighted by molar-refractivity contribution is -0.385. The highest BCUT2D eigenvalue weighted by Crippen LogP contribution is 2.42. The second-order valence-electron chi connectivity index (χ2n) is 6.63. The van der Waals surface area contributed by atoms with Gasteiger partial charge in [0, 0.05) is 42.4 Å². The molecule has 0 amide bonds. The van der Waals surface area contributed by atoms with E-state index in [2.05, 4.69) is 22.0 Å². The fraction of sp³-hybridized carbons (Fsp3) is 0.526. The van der Waals surface area contributed by atoms with Gasteiger partial charge in [0.05, 0.1) is 24.3 Å². The van der Waals surface area contributed by atoms with Crippen molar-refractivity contribution in [1.29, 1.82) is 0 Å². The van der Waals surface area contributed by atoms with Crippen molar-refractivity contribution in [2.45, 2.75) is 39.7 Å². The molecule has 146 valence electrons. The highest BCUT2D eigenvalue weighted by Gasteiger charge is 2.27. The minimum Gasteiger partial charge on any atom is -0.493 e. The van der Waals surface area contributed by atoms with E-state index in [1.54, 1.807) is 6.07 Å². The van der Waals surface area contributed by atoms with Crippen LogP contribution in [-0.2, 0) is 13.0 Å². The lowest BCUT2D eigenvalue weighted by Crippen LogP contribution is -2.30. The number of likely N-dealkylation sites (N-methyl/N-ethyl adjacent to an activating group) is 1. The number of nitrogens with one attached hydrogen (secondary N) is 1. The average Bonchev–Trinajstić information content (AvgIpc) is 3.10. The average molecular weight is 374 g/mol. The number of nitro groups is 1. The number of nitrogens with zero attached hydrogens (tertiary/aromatic N) is 3.